The monoisotopic (exact) mass is 296 g/mol. The lowest BCUT2D eigenvalue weighted by atomic mass is 9.85. The van der Waals surface area contributed by atoms with E-state index in [1.54, 1.807) is 0 Å². The summed E-state index contributed by atoms with van der Waals surface area (Å²) in [5, 5.41) is 0. The van der Waals surface area contributed by atoms with E-state index < -0.39 is 0 Å². The molecule has 0 spiro atoms. The molecule has 0 aliphatic heterocycles. The summed E-state index contributed by atoms with van der Waals surface area (Å²) in [5.74, 6) is 0.495. The molecule has 2 aromatic rings. The lowest BCUT2D eigenvalue weighted by molar-refractivity contribution is -0.134. The highest BCUT2D eigenvalue weighted by atomic mass is 16.5. The van der Waals surface area contributed by atoms with Crippen molar-refractivity contribution >= 4 is 5.97 Å². The van der Waals surface area contributed by atoms with E-state index in [9.17, 15) is 4.79 Å². The van der Waals surface area contributed by atoms with Gasteiger partial charge in [0.1, 0.15) is 5.75 Å². The van der Waals surface area contributed by atoms with Crippen molar-refractivity contribution in [2.75, 3.05) is 0 Å². The molecule has 0 N–H and O–H groups in total. The number of rotatable bonds is 4. The van der Waals surface area contributed by atoms with Gasteiger partial charge >= 0.3 is 5.97 Å². The van der Waals surface area contributed by atoms with Crippen molar-refractivity contribution in [3.05, 3.63) is 65.2 Å². The highest BCUT2D eigenvalue weighted by molar-refractivity contribution is 5.73. The van der Waals surface area contributed by atoms with Crippen LogP contribution in [0.15, 0.2) is 48.5 Å². The van der Waals surface area contributed by atoms with Gasteiger partial charge in [-0.1, -0.05) is 68.8 Å². The molecule has 0 amide bonds. The number of carbonyl (C=O) groups excluding carboxylic acids is 1. The predicted octanol–water partition coefficient (Wildman–Crippen LogP) is 4.83. The highest BCUT2D eigenvalue weighted by Crippen LogP contribution is 2.32. The molecule has 0 aromatic heterocycles. The lowest BCUT2D eigenvalue weighted by Crippen LogP contribution is -2.17. The third kappa shape index (κ3) is 4.45. The molecule has 2 heteroatoms. The zero-order valence-corrected chi connectivity index (χ0v) is 13.8. The number of benzene rings is 2. The lowest BCUT2D eigenvalue weighted by Gasteiger charge is -2.22. The summed E-state index contributed by atoms with van der Waals surface area (Å²) in [7, 11) is 0. The van der Waals surface area contributed by atoms with Gasteiger partial charge in [0.25, 0.3) is 0 Å². The number of hydrogen-bond donors (Lipinski definition) is 0. The summed E-state index contributed by atoms with van der Waals surface area (Å²) in [6.45, 7) is 8.44. The fourth-order valence-electron chi connectivity index (χ4n) is 2.38. The van der Waals surface area contributed by atoms with E-state index in [1.165, 1.54) is 5.56 Å². The van der Waals surface area contributed by atoms with Crippen molar-refractivity contribution < 1.29 is 9.53 Å². The zero-order valence-electron chi connectivity index (χ0n) is 13.8. The molecule has 0 bridgehead atoms. The molecule has 0 aliphatic carbocycles. The number of carbonyl (C=O) groups is 1. The Morgan fingerprint density at radius 3 is 2.36 bits per heavy atom. The molecule has 0 radical (unpaired) electrons. The van der Waals surface area contributed by atoms with Crippen LogP contribution in [0.4, 0.5) is 0 Å². The molecule has 0 aliphatic rings. The zero-order chi connectivity index (χ0) is 16.2. The minimum absolute atomic E-state index is 0.0545. The predicted molar refractivity (Wildman–Crippen MR) is 90.3 cm³/mol. The van der Waals surface area contributed by atoms with Gasteiger partial charge in [-0.05, 0) is 30.4 Å². The van der Waals surface area contributed by atoms with E-state index in [0.717, 1.165) is 11.1 Å². The Balaban J connectivity index is 2.06. The molecule has 0 heterocycles. The molecule has 0 saturated carbocycles. The molecule has 0 saturated heterocycles. The Morgan fingerprint density at radius 1 is 1.05 bits per heavy atom. The fraction of sp³-hybridized carbons (Fsp3) is 0.350. The summed E-state index contributed by atoms with van der Waals surface area (Å²) in [5.41, 5.74) is 3.34. The topological polar surface area (TPSA) is 26.3 Å². The standard InChI is InChI=1S/C20H24O2/c1-15-10-12-18(17(14-15)20(2,3)4)22-19(21)13-11-16-8-6-5-7-9-16/h5-10,12,14H,11,13H2,1-4H3. The van der Waals surface area contributed by atoms with E-state index in [1.807, 2.05) is 42.5 Å². The van der Waals surface area contributed by atoms with E-state index in [4.69, 9.17) is 4.74 Å². The van der Waals surface area contributed by atoms with Crippen LogP contribution in [0.2, 0.25) is 0 Å². The molecular formula is C20H24O2. The van der Waals surface area contributed by atoms with Crippen molar-refractivity contribution in [2.24, 2.45) is 0 Å². The molecule has 2 rings (SSSR count). The van der Waals surface area contributed by atoms with E-state index >= 15 is 0 Å². The second kappa shape index (κ2) is 6.78. The molecule has 22 heavy (non-hydrogen) atoms. The van der Waals surface area contributed by atoms with Crippen molar-refractivity contribution in [3.8, 4) is 5.75 Å². The van der Waals surface area contributed by atoms with Crippen LogP contribution >= 0.6 is 0 Å². The molecular weight excluding hydrogens is 272 g/mol. The van der Waals surface area contributed by atoms with Crippen molar-refractivity contribution in [1.29, 1.82) is 0 Å². The molecule has 0 unspecified atom stereocenters. The summed E-state index contributed by atoms with van der Waals surface area (Å²) in [4.78, 5) is 12.1. The van der Waals surface area contributed by atoms with Crippen LogP contribution in [0.3, 0.4) is 0 Å². The normalized spacial score (nSPS) is 11.3. The molecule has 116 valence electrons. The quantitative estimate of drug-likeness (QED) is 0.596. The number of ether oxygens (including phenoxy) is 1. The second-order valence-electron chi connectivity index (χ2n) is 6.71. The Hall–Kier alpha value is -2.09. The van der Waals surface area contributed by atoms with Crippen LogP contribution in [-0.4, -0.2) is 5.97 Å². The second-order valence-corrected chi connectivity index (χ2v) is 6.71. The number of aryl methyl sites for hydroxylation is 2. The Kier molecular flexibility index (Phi) is 5.02. The van der Waals surface area contributed by atoms with Crippen LogP contribution < -0.4 is 4.74 Å². The molecule has 0 fully saturated rings. The summed E-state index contributed by atoms with van der Waals surface area (Å²) in [6.07, 6.45) is 1.10. The first-order valence-electron chi connectivity index (χ1n) is 7.72. The minimum atomic E-state index is -0.182. The van der Waals surface area contributed by atoms with E-state index in [-0.39, 0.29) is 11.4 Å². The van der Waals surface area contributed by atoms with Crippen LogP contribution in [0, 0.1) is 6.92 Å². The maximum Gasteiger partial charge on any atom is 0.311 e. The van der Waals surface area contributed by atoms with Gasteiger partial charge in [-0.25, -0.2) is 0 Å². The van der Waals surface area contributed by atoms with Gasteiger partial charge in [0.05, 0.1) is 0 Å². The Bertz CT molecular complexity index is 637. The first-order chi connectivity index (χ1) is 10.4. The number of hydrogen-bond acceptors (Lipinski definition) is 2. The molecule has 2 aromatic carbocycles. The van der Waals surface area contributed by atoms with Gasteiger partial charge in [0.15, 0.2) is 0 Å². The fourth-order valence-corrected chi connectivity index (χ4v) is 2.38. The first-order valence-corrected chi connectivity index (χ1v) is 7.72. The average Bonchev–Trinajstić information content (AvgIpc) is 2.47. The molecule has 0 atom stereocenters. The van der Waals surface area contributed by atoms with E-state index in [0.29, 0.717) is 18.6 Å². The van der Waals surface area contributed by atoms with Gasteiger partial charge < -0.3 is 4.74 Å². The summed E-state index contributed by atoms with van der Waals surface area (Å²) >= 11 is 0. The van der Waals surface area contributed by atoms with Crippen molar-refractivity contribution in [3.63, 3.8) is 0 Å². The van der Waals surface area contributed by atoms with Gasteiger partial charge in [-0.3, -0.25) is 4.79 Å². The van der Waals surface area contributed by atoms with Gasteiger partial charge in [-0.15, -0.1) is 0 Å². The summed E-state index contributed by atoms with van der Waals surface area (Å²) in [6, 6.07) is 16.0. The maximum atomic E-state index is 12.1. The smallest absolute Gasteiger partial charge is 0.311 e. The van der Waals surface area contributed by atoms with Crippen LogP contribution in [-0.2, 0) is 16.6 Å². The van der Waals surface area contributed by atoms with Crippen LogP contribution in [0.25, 0.3) is 0 Å². The first kappa shape index (κ1) is 16.3. The minimum Gasteiger partial charge on any atom is -0.426 e. The van der Waals surface area contributed by atoms with Crippen LogP contribution in [0.1, 0.15) is 43.9 Å². The van der Waals surface area contributed by atoms with Crippen molar-refractivity contribution in [1.82, 2.24) is 0 Å². The SMILES string of the molecule is Cc1ccc(OC(=O)CCc2ccccc2)c(C(C)(C)C)c1. The molecule has 2 nitrogen and oxygen atoms in total. The van der Waals surface area contributed by atoms with Gasteiger partial charge in [-0.2, -0.15) is 0 Å². The highest BCUT2D eigenvalue weighted by Gasteiger charge is 2.20. The average molecular weight is 296 g/mol. The van der Waals surface area contributed by atoms with Crippen LogP contribution in [0.5, 0.6) is 5.75 Å². The van der Waals surface area contributed by atoms with E-state index in [2.05, 4.69) is 33.8 Å². The number of esters is 1. The summed E-state index contributed by atoms with van der Waals surface area (Å²) < 4.78 is 5.61. The Morgan fingerprint density at radius 2 is 1.73 bits per heavy atom. The third-order valence-electron chi connectivity index (χ3n) is 3.63. The maximum absolute atomic E-state index is 12.1. The van der Waals surface area contributed by atoms with Crippen molar-refractivity contribution in [2.45, 2.75) is 46.0 Å². The largest absolute Gasteiger partial charge is 0.426 e. The van der Waals surface area contributed by atoms with Gasteiger partial charge in [0, 0.05) is 12.0 Å². The third-order valence-corrected chi connectivity index (χ3v) is 3.63. The van der Waals surface area contributed by atoms with Gasteiger partial charge in [0.2, 0.25) is 0 Å². The Labute approximate surface area is 133 Å².